The van der Waals surface area contributed by atoms with Crippen LogP contribution >= 0.6 is 0 Å². The van der Waals surface area contributed by atoms with Crippen LogP contribution in [0.25, 0.3) is 11.5 Å². The van der Waals surface area contributed by atoms with Crippen molar-refractivity contribution in [2.75, 3.05) is 25.7 Å². The van der Waals surface area contributed by atoms with Crippen molar-refractivity contribution in [3.8, 4) is 17.4 Å². The summed E-state index contributed by atoms with van der Waals surface area (Å²) in [5.74, 6) is 1.57. The zero-order valence-corrected chi connectivity index (χ0v) is 18.6. The lowest BCUT2D eigenvalue weighted by atomic mass is 10.0. The zero-order valence-electron chi connectivity index (χ0n) is 18.6. The summed E-state index contributed by atoms with van der Waals surface area (Å²) in [5.41, 5.74) is 15.1. The van der Waals surface area contributed by atoms with Gasteiger partial charge in [0.05, 0.1) is 25.0 Å². The molecule has 0 aromatic carbocycles. The molecule has 0 spiro atoms. The molecule has 0 saturated carbocycles. The SMILES string of the molecule is COc1nc(-c2nnnn2C)ccc1N1C(N)=NC=C2C=CN(CC(C)(C)OC)C(N)=C21. The van der Waals surface area contributed by atoms with Crippen LogP contribution < -0.4 is 21.1 Å². The number of hydrogen-bond donors (Lipinski definition) is 2. The van der Waals surface area contributed by atoms with E-state index in [4.69, 9.17) is 20.9 Å². The van der Waals surface area contributed by atoms with E-state index in [0.29, 0.717) is 41.1 Å². The Balaban J connectivity index is 1.79. The number of rotatable bonds is 6. The molecule has 0 fully saturated rings. The van der Waals surface area contributed by atoms with Crippen molar-refractivity contribution in [3.05, 3.63) is 47.7 Å². The Morgan fingerprint density at radius 3 is 2.59 bits per heavy atom. The molecule has 0 radical (unpaired) electrons. The third-order valence-electron chi connectivity index (χ3n) is 5.28. The molecular weight excluding hydrogens is 412 g/mol. The number of guanidine groups is 1. The van der Waals surface area contributed by atoms with Crippen molar-refractivity contribution >= 4 is 11.6 Å². The number of allylic oxidation sites excluding steroid dienone is 1. The fraction of sp³-hybridized carbons (Fsp3) is 0.350. The smallest absolute Gasteiger partial charge is 0.238 e. The monoisotopic (exact) mass is 438 g/mol. The van der Waals surface area contributed by atoms with Gasteiger partial charge in [0.25, 0.3) is 0 Å². The first kappa shape index (κ1) is 21.3. The number of aliphatic imine (C=N–C) groups is 1. The summed E-state index contributed by atoms with van der Waals surface area (Å²) in [7, 11) is 4.94. The lowest BCUT2D eigenvalue weighted by molar-refractivity contribution is 0.00703. The van der Waals surface area contributed by atoms with Gasteiger partial charge in [-0.1, -0.05) is 0 Å². The fourth-order valence-electron chi connectivity index (χ4n) is 3.45. The molecule has 2 aromatic rings. The number of methoxy groups -OCH3 is 2. The summed E-state index contributed by atoms with van der Waals surface area (Å²) in [5, 5.41) is 11.5. The predicted molar refractivity (Wildman–Crippen MR) is 119 cm³/mol. The van der Waals surface area contributed by atoms with Crippen LogP contribution in [0.5, 0.6) is 5.88 Å². The Kier molecular flexibility index (Phi) is 5.30. The van der Waals surface area contributed by atoms with Gasteiger partial charge in [0.1, 0.15) is 17.2 Å². The molecule has 0 unspecified atom stereocenters. The summed E-state index contributed by atoms with van der Waals surface area (Å²) < 4.78 is 12.7. The molecule has 2 aliphatic rings. The number of anilines is 1. The van der Waals surface area contributed by atoms with Crippen molar-refractivity contribution in [2.45, 2.75) is 19.4 Å². The van der Waals surface area contributed by atoms with Crippen molar-refractivity contribution in [2.24, 2.45) is 23.5 Å². The molecule has 2 aromatic heterocycles. The first-order valence-electron chi connectivity index (χ1n) is 9.87. The van der Waals surface area contributed by atoms with E-state index in [1.807, 2.05) is 37.1 Å². The molecule has 0 saturated heterocycles. The Hall–Kier alpha value is -3.93. The Bertz CT molecular complexity index is 1160. The van der Waals surface area contributed by atoms with Gasteiger partial charge < -0.3 is 25.8 Å². The van der Waals surface area contributed by atoms with Gasteiger partial charge in [0.2, 0.25) is 17.7 Å². The molecular formula is C20H26N10O2. The van der Waals surface area contributed by atoms with Crippen LogP contribution in [0, 0.1) is 0 Å². The van der Waals surface area contributed by atoms with E-state index < -0.39 is 5.60 Å². The molecule has 4 heterocycles. The molecule has 0 amide bonds. The van der Waals surface area contributed by atoms with Gasteiger partial charge in [-0.2, -0.15) is 0 Å². The summed E-state index contributed by atoms with van der Waals surface area (Å²) in [6.45, 7) is 4.53. The molecule has 0 bridgehead atoms. The minimum absolute atomic E-state index is 0.237. The lowest BCUT2D eigenvalue weighted by Gasteiger charge is -2.38. The molecule has 0 atom stereocenters. The molecule has 4 rings (SSSR count). The zero-order chi connectivity index (χ0) is 23.0. The lowest BCUT2D eigenvalue weighted by Crippen LogP contribution is -2.46. The van der Waals surface area contributed by atoms with Gasteiger partial charge in [0.15, 0.2) is 0 Å². The van der Waals surface area contributed by atoms with E-state index in [1.54, 1.807) is 31.3 Å². The van der Waals surface area contributed by atoms with Gasteiger partial charge in [-0.25, -0.2) is 14.7 Å². The maximum atomic E-state index is 6.62. The van der Waals surface area contributed by atoms with E-state index in [9.17, 15) is 0 Å². The Morgan fingerprint density at radius 1 is 1.16 bits per heavy atom. The highest BCUT2D eigenvalue weighted by Gasteiger charge is 2.33. The van der Waals surface area contributed by atoms with Crippen LogP contribution in [0.1, 0.15) is 13.8 Å². The number of fused-ring (bicyclic) bond motifs is 1. The number of pyridine rings is 1. The molecule has 4 N–H and O–H groups in total. The number of aromatic nitrogens is 5. The van der Waals surface area contributed by atoms with E-state index >= 15 is 0 Å². The summed E-state index contributed by atoms with van der Waals surface area (Å²) in [6.07, 6.45) is 5.52. The van der Waals surface area contributed by atoms with E-state index in [0.717, 1.165) is 5.57 Å². The normalized spacial score (nSPS) is 16.2. The third kappa shape index (κ3) is 3.64. The topological polar surface area (TPSA) is 146 Å². The highest BCUT2D eigenvalue weighted by Crippen LogP contribution is 2.37. The van der Waals surface area contributed by atoms with E-state index in [2.05, 4.69) is 25.5 Å². The van der Waals surface area contributed by atoms with Crippen molar-refractivity contribution in [1.29, 1.82) is 0 Å². The maximum absolute atomic E-state index is 6.62. The number of tetrazole rings is 1. The number of ether oxygens (including phenoxy) is 2. The Labute approximate surface area is 185 Å². The van der Waals surface area contributed by atoms with Gasteiger partial charge in [-0.3, -0.25) is 4.90 Å². The number of nitrogens with zero attached hydrogens (tertiary/aromatic N) is 8. The van der Waals surface area contributed by atoms with E-state index in [-0.39, 0.29) is 5.96 Å². The molecule has 2 aliphatic heterocycles. The van der Waals surface area contributed by atoms with Crippen LogP contribution in [-0.2, 0) is 11.8 Å². The number of aryl methyl sites for hydroxylation is 1. The third-order valence-corrected chi connectivity index (χ3v) is 5.28. The number of hydrogen-bond acceptors (Lipinski definition) is 11. The first-order valence-corrected chi connectivity index (χ1v) is 9.87. The summed E-state index contributed by atoms with van der Waals surface area (Å²) in [6, 6.07) is 3.61. The van der Waals surface area contributed by atoms with Gasteiger partial charge in [-0.15, -0.1) is 5.10 Å². The Morgan fingerprint density at radius 2 is 1.94 bits per heavy atom. The van der Waals surface area contributed by atoms with Crippen molar-refractivity contribution < 1.29 is 9.47 Å². The average Bonchev–Trinajstić information content (AvgIpc) is 3.21. The quantitative estimate of drug-likeness (QED) is 0.660. The number of nitrogens with two attached hydrogens (primary N) is 2. The second kappa shape index (κ2) is 7.96. The van der Waals surface area contributed by atoms with Crippen LogP contribution in [0.3, 0.4) is 0 Å². The highest BCUT2D eigenvalue weighted by atomic mass is 16.5. The van der Waals surface area contributed by atoms with Crippen molar-refractivity contribution in [1.82, 2.24) is 30.1 Å². The largest absolute Gasteiger partial charge is 0.479 e. The average molecular weight is 438 g/mol. The summed E-state index contributed by atoms with van der Waals surface area (Å²) in [4.78, 5) is 12.6. The fourth-order valence-corrected chi connectivity index (χ4v) is 3.45. The first-order chi connectivity index (χ1) is 15.3. The van der Waals surface area contributed by atoms with Gasteiger partial charge >= 0.3 is 0 Å². The predicted octanol–water partition coefficient (Wildman–Crippen LogP) is 0.681. The summed E-state index contributed by atoms with van der Waals surface area (Å²) >= 11 is 0. The van der Waals surface area contributed by atoms with Crippen LogP contribution in [0.2, 0.25) is 0 Å². The van der Waals surface area contributed by atoms with Gasteiger partial charge in [0, 0.05) is 32.1 Å². The molecule has 168 valence electrons. The molecule has 0 aliphatic carbocycles. The van der Waals surface area contributed by atoms with Crippen LogP contribution in [0.15, 0.2) is 52.7 Å². The standard InChI is InChI=1S/C20H26N10O2/c1-20(2,32-5)11-29-9-8-12-10-23-19(22)30(15(12)16(29)21)14-7-6-13(24-18(14)31-4)17-25-26-27-28(17)3/h6-10H,11,21H2,1-5H3,(H2,22,23). The molecule has 32 heavy (non-hydrogen) atoms. The molecule has 12 heteroatoms. The van der Waals surface area contributed by atoms with Crippen LogP contribution in [0.4, 0.5) is 5.69 Å². The van der Waals surface area contributed by atoms with Crippen LogP contribution in [-0.4, -0.2) is 62.4 Å². The molecule has 12 nitrogen and oxygen atoms in total. The van der Waals surface area contributed by atoms with Crippen molar-refractivity contribution in [3.63, 3.8) is 0 Å². The minimum atomic E-state index is -0.416. The highest BCUT2D eigenvalue weighted by molar-refractivity contribution is 6.02. The second-order valence-electron chi connectivity index (χ2n) is 7.90. The maximum Gasteiger partial charge on any atom is 0.238 e. The van der Waals surface area contributed by atoms with E-state index in [1.165, 1.54) is 11.8 Å². The van der Waals surface area contributed by atoms with Gasteiger partial charge in [-0.05, 0) is 42.5 Å². The second-order valence-corrected chi connectivity index (χ2v) is 7.90. The minimum Gasteiger partial charge on any atom is -0.479 e.